The summed E-state index contributed by atoms with van der Waals surface area (Å²) in [6.45, 7) is 1.94. The lowest BCUT2D eigenvalue weighted by atomic mass is 10.3. The fraction of sp³-hybridized carbons (Fsp3) is 0.111. The van der Waals surface area contributed by atoms with E-state index in [0.29, 0.717) is 5.95 Å². The first-order valence-electron chi connectivity index (χ1n) is 7.42. The Morgan fingerprint density at radius 2 is 1.71 bits per heavy atom. The number of benzene rings is 2. The fourth-order valence-corrected chi connectivity index (χ4v) is 2.58. The van der Waals surface area contributed by atoms with Gasteiger partial charge in [0.2, 0.25) is 5.95 Å². The quantitative estimate of drug-likeness (QED) is 0.644. The van der Waals surface area contributed by atoms with Crippen LogP contribution in [0.2, 0.25) is 0 Å². The summed E-state index contributed by atoms with van der Waals surface area (Å²) in [6.07, 6.45) is 0. The molecule has 0 fully saturated rings. The number of methoxy groups -OCH3 is 1. The zero-order valence-electron chi connectivity index (χ0n) is 13.4. The van der Waals surface area contributed by atoms with Gasteiger partial charge < -0.3 is 15.4 Å². The SMILES string of the molecule is COc1ccc(Nc2nc(C)cc(Nc3ccccc3Br)n2)cc1. The van der Waals surface area contributed by atoms with Gasteiger partial charge in [0, 0.05) is 21.9 Å². The highest BCUT2D eigenvalue weighted by atomic mass is 79.9. The van der Waals surface area contributed by atoms with Crippen LogP contribution in [0.15, 0.2) is 59.1 Å². The Kier molecular flexibility index (Phi) is 4.96. The highest BCUT2D eigenvalue weighted by Gasteiger charge is 2.05. The van der Waals surface area contributed by atoms with Crippen molar-refractivity contribution in [3.05, 3.63) is 64.8 Å². The number of anilines is 4. The van der Waals surface area contributed by atoms with E-state index in [0.717, 1.165) is 33.1 Å². The van der Waals surface area contributed by atoms with Crippen LogP contribution < -0.4 is 15.4 Å². The third-order valence-corrected chi connectivity index (χ3v) is 4.03. The van der Waals surface area contributed by atoms with Crippen molar-refractivity contribution in [3.8, 4) is 5.75 Å². The maximum atomic E-state index is 5.16. The second-order valence-electron chi connectivity index (χ2n) is 5.18. The Morgan fingerprint density at radius 1 is 0.958 bits per heavy atom. The van der Waals surface area contributed by atoms with Crippen molar-refractivity contribution in [2.24, 2.45) is 0 Å². The molecule has 0 bridgehead atoms. The summed E-state index contributed by atoms with van der Waals surface area (Å²) in [7, 11) is 1.64. The lowest BCUT2D eigenvalue weighted by Crippen LogP contribution is -2.02. The van der Waals surface area contributed by atoms with Crippen molar-refractivity contribution in [2.75, 3.05) is 17.7 Å². The Bertz CT molecular complexity index is 837. The summed E-state index contributed by atoms with van der Waals surface area (Å²) < 4.78 is 6.14. The lowest BCUT2D eigenvalue weighted by molar-refractivity contribution is 0.415. The number of halogens is 1. The molecule has 0 amide bonds. The van der Waals surface area contributed by atoms with Gasteiger partial charge in [-0.25, -0.2) is 4.98 Å². The molecule has 5 nitrogen and oxygen atoms in total. The van der Waals surface area contributed by atoms with E-state index < -0.39 is 0 Å². The fourth-order valence-electron chi connectivity index (χ4n) is 2.19. The van der Waals surface area contributed by atoms with E-state index >= 15 is 0 Å². The van der Waals surface area contributed by atoms with Gasteiger partial charge in [-0.15, -0.1) is 0 Å². The number of aromatic nitrogens is 2. The van der Waals surface area contributed by atoms with Crippen LogP contribution in [0.4, 0.5) is 23.1 Å². The molecule has 0 aliphatic heterocycles. The van der Waals surface area contributed by atoms with Crippen LogP contribution >= 0.6 is 15.9 Å². The predicted octanol–water partition coefficient (Wildman–Crippen LogP) is 5.04. The summed E-state index contributed by atoms with van der Waals surface area (Å²) in [5, 5.41) is 6.51. The molecule has 3 aromatic rings. The van der Waals surface area contributed by atoms with Crippen molar-refractivity contribution in [1.29, 1.82) is 0 Å². The number of aryl methyl sites for hydroxylation is 1. The molecular formula is C18H17BrN4O. The van der Waals surface area contributed by atoms with Gasteiger partial charge in [0.25, 0.3) is 0 Å². The van der Waals surface area contributed by atoms with Gasteiger partial charge in [-0.3, -0.25) is 0 Å². The van der Waals surface area contributed by atoms with Gasteiger partial charge in [-0.1, -0.05) is 12.1 Å². The number of hydrogen-bond donors (Lipinski definition) is 2. The van der Waals surface area contributed by atoms with E-state index in [2.05, 4.69) is 36.5 Å². The minimum absolute atomic E-state index is 0.537. The summed E-state index contributed by atoms with van der Waals surface area (Å²) in [5.41, 5.74) is 2.72. The van der Waals surface area contributed by atoms with E-state index in [1.807, 2.05) is 61.5 Å². The Morgan fingerprint density at radius 3 is 2.42 bits per heavy atom. The van der Waals surface area contributed by atoms with Crippen LogP contribution in [0, 0.1) is 6.92 Å². The minimum Gasteiger partial charge on any atom is -0.497 e. The number of hydrogen-bond acceptors (Lipinski definition) is 5. The van der Waals surface area contributed by atoms with Crippen molar-refractivity contribution < 1.29 is 4.74 Å². The van der Waals surface area contributed by atoms with Crippen molar-refractivity contribution in [3.63, 3.8) is 0 Å². The normalized spacial score (nSPS) is 10.3. The summed E-state index contributed by atoms with van der Waals surface area (Å²) in [6, 6.07) is 17.4. The molecule has 0 atom stereocenters. The third kappa shape index (κ3) is 4.02. The van der Waals surface area contributed by atoms with Crippen LogP contribution in [0.1, 0.15) is 5.69 Å². The zero-order chi connectivity index (χ0) is 16.9. The van der Waals surface area contributed by atoms with E-state index in [9.17, 15) is 0 Å². The Labute approximate surface area is 149 Å². The molecule has 0 saturated carbocycles. The maximum absolute atomic E-state index is 5.16. The van der Waals surface area contributed by atoms with Gasteiger partial charge in [0.15, 0.2) is 0 Å². The standard InChI is InChI=1S/C18H17BrN4O/c1-12-11-17(22-16-6-4-3-5-15(16)19)23-18(20-12)21-13-7-9-14(24-2)10-8-13/h3-11H,1-2H3,(H2,20,21,22,23). The van der Waals surface area contributed by atoms with Crippen LogP contribution in [0.3, 0.4) is 0 Å². The molecule has 2 N–H and O–H groups in total. The second-order valence-corrected chi connectivity index (χ2v) is 6.03. The number of nitrogens with one attached hydrogen (secondary N) is 2. The first-order chi connectivity index (χ1) is 11.6. The molecule has 0 aliphatic rings. The average Bonchev–Trinajstić information content (AvgIpc) is 2.57. The monoisotopic (exact) mass is 384 g/mol. The molecule has 1 heterocycles. The molecule has 1 aromatic heterocycles. The van der Waals surface area contributed by atoms with Gasteiger partial charge in [0.1, 0.15) is 11.6 Å². The smallest absolute Gasteiger partial charge is 0.229 e. The zero-order valence-corrected chi connectivity index (χ0v) is 15.0. The van der Waals surface area contributed by atoms with E-state index in [4.69, 9.17) is 4.74 Å². The largest absolute Gasteiger partial charge is 0.497 e. The first-order valence-corrected chi connectivity index (χ1v) is 8.21. The van der Waals surface area contributed by atoms with Crippen LogP contribution in [0.25, 0.3) is 0 Å². The van der Waals surface area contributed by atoms with E-state index in [1.54, 1.807) is 7.11 Å². The topological polar surface area (TPSA) is 59.1 Å². The molecule has 122 valence electrons. The molecule has 6 heteroatoms. The predicted molar refractivity (Wildman–Crippen MR) is 100 cm³/mol. The molecule has 3 rings (SSSR count). The van der Waals surface area contributed by atoms with Crippen LogP contribution in [-0.2, 0) is 0 Å². The molecule has 0 aliphatic carbocycles. The number of nitrogens with zero attached hydrogens (tertiary/aromatic N) is 2. The van der Waals surface area contributed by atoms with Gasteiger partial charge in [0.05, 0.1) is 12.8 Å². The molecule has 24 heavy (non-hydrogen) atoms. The molecule has 0 saturated heterocycles. The summed E-state index contributed by atoms with van der Waals surface area (Å²) >= 11 is 3.52. The molecule has 0 unspecified atom stereocenters. The molecule has 0 radical (unpaired) electrons. The number of para-hydroxylation sites is 1. The van der Waals surface area contributed by atoms with E-state index in [1.165, 1.54) is 0 Å². The van der Waals surface area contributed by atoms with Crippen molar-refractivity contribution in [2.45, 2.75) is 6.92 Å². The maximum Gasteiger partial charge on any atom is 0.229 e. The minimum atomic E-state index is 0.537. The Hall–Kier alpha value is -2.60. The van der Waals surface area contributed by atoms with Crippen LogP contribution in [-0.4, -0.2) is 17.1 Å². The van der Waals surface area contributed by atoms with Crippen molar-refractivity contribution in [1.82, 2.24) is 9.97 Å². The lowest BCUT2D eigenvalue weighted by Gasteiger charge is -2.11. The highest BCUT2D eigenvalue weighted by Crippen LogP contribution is 2.25. The second kappa shape index (κ2) is 7.31. The first kappa shape index (κ1) is 16.3. The summed E-state index contributed by atoms with van der Waals surface area (Å²) in [4.78, 5) is 8.95. The Balaban J connectivity index is 1.81. The molecular weight excluding hydrogens is 368 g/mol. The van der Waals surface area contributed by atoms with Gasteiger partial charge >= 0.3 is 0 Å². The van der Waals surface area contributed by atoms with E-state index in [-0.39, 0.29) is 0 Å². The van der Waals surface area contributed by atoms with Gasteiger partial charge in [-0.05, 0) is 59.3 Å². The average molecular weight is 385 g/mol. The molecule has 2 aromatic carbocycles. The van der Waals surface area contributed by atoms with Crippen molar-refractivity contribution >= 4 is 39.1 Å². The third-order valence-electron chi connectivity index (χ3n) is 3.34. The van der Waals surface area contributed by atoms with Crippen LogP contribution in [0.5, 0.6) is 5.75 Å². The van der Waals surface area contributed by atoms with Gasteiger partial charge in [-0.2, -0.15) is 4.98 Å². The highest BCUT2D eigenvalue weighted by molar-refractivity contribution is 9.10. The summed E-state index contributed by atoms with van der Waals surface area (Å²) in [5.74, 6) is 2.07. The molecule has 0 spiro atoms. The number of ether oxygens (including phenoxy) is 1. The number of rotatable bonds is 5.